The molecule has 1 atom stereocenters. The third-order valence-electron chi connectivity index (χ3n) is 4.01. The number of ketones is 1. The molecule has 0 aliphatic heterocycles. The van der Waals surface area contributed by atoms with Gasteiger partial charge in [0.1, 0.15) is 5.56 Å². The summed E-state index contributed by atoms with van der Waals surface area (Å²) >= 11 is 0. The van der Waals surface area contributed by atoms with Crippen molar-refractivity contribution < 1.29 is 19.1 Å². The Kier molecular flexibility index (Phi) is 5.93. The molecule has 25 heavy (non-hydrogen) atoms. The van der Waals surface area contributed by atoms with Crippen molar-refractivity contribution in [1.29, 1.82) is 0 Å². The number of esters is 1. The molecule has 0 saturated carbocycles. The molecule has 2 rings (SSSR count). The van der Waals surface area contributed by atoms with Crippen LogP contribution in [0.15, 0.2) is 29.2 Å². The van der Waals surface area contributed by atoms with Crippen LogP contribution in [0, 0.1) is 13.8 Å². The molecule has 2 aromatic rings. The predicted octanol–water partition coefficient (Wildman–Crippen LogP) is 2.04. The Labute approximate surface area is 145 Å². The van der Waals surface area contributed by atoms with E-state index in [0.29, 0.717) is 12.2 Å². The minimum absolute atomic E-state index is 0.0805. The normalized spacial score (nSPS) is 12.0. The molecule has 7 heteroatoms. The molecule has 1 N–H and O–H groups in total. The molecule has 0 aliphatic carbocycles. The van der Waals surface area contributed by atoms with Gasteiger partial charge in [-0.15, -0.1) is 0 Å². The van der Waals surface area contributed by atoms with E-state index in [-0.39, 0.29) is 17.4 Å². The first kappa shape index (κ1) is 18.7. The summed E-state index contributed by atoms with van der Waals surface area (Å²) in [6, 6.07) is 4.72. The Morgan fingerprint density at radius 3 is 2.64 bits per heavy atom. The second-order valence-corrected chi connectivity index (χ2v) is 5.87. The highest BCUT2D eigenvalue weighted by Gasteiger charge is 2.20. The van der Waals surface area contributed by atoms with Crippen molar-refractivity contribution in [2.75, 3.05) is 20.3 Å². The first-order valence-corrected chi connectivity index (χ1v) is 7.92. The van der Waals surface area contributed by atoms with Crippen LogP contribution in [0.25, 0.3) is 0 Å². The van der Waals surface area contributed by atoms with Gasteiger partial charge in [-0.2, -0.15) is 0 Å². The number of H-pyrrole nitrogens is 1. The average molecular weight is 346 g/mol. The maximum Gasteiger partial charge on any atom is 0.344 e. The highest BCUT2D eigenvalue weighted by atomic mass is 16.5. The van der Waals surface area contributed by atoms with Gasteiger partial charge in [-0.25, -0.2) is 4.79 Å². The van der Waals surface area contributed by atoms with Gasteiger partial charge >= 0.3 is 5.97 Å². The van der Waals surface area contributed by atoms with Gasteiger partial charge in [0, 0.05) is 30.3 Å². The standard InChI is InChI=1S/C18H22N2O5/c1-11-8-15(13(3)20(11)12(2)9-24-4)16(21)10-25-18(23)14-6-5-7-19-17(14)22/h5-8,12H,9-10H2,1-4H3,(H,19,22)/t12-/m0/s1. The van der Waals surface area contributed by atoms with E-state index in [1.54, 1.807) is 13.2 Å². The summed E-state index contributed by atoms with van der Waals surface area (Å²) in [6.07, 6.45) is 1.42. The maximum atomic E-state index is 12.4. The number of Topliss-reactive ketones (excluding diaryl/α,β-unsaturated/α-hetero) is 1. The van der Waals surface area contributed by atoms with Crippen LogP contribution in [0.3, 0.4) is 0 Å². The van der Waals surface area contributed by atoms with Crippen LogP contribution in [0.2, 0.25) is 0 Å². The fourth-order valence-corrected chi connectivity index (χ4v) is 2.92. The predicted molar refractivity (Wildman–Crippen MR) is 92.2 cm³/mol. The summed E-state index contributed by atoms with van der Waals surface area (Å²) in [5.41, 5.74) is 1.54. The zero-order chi connectivity index (χ0) is 18.6. The summed E-state index contributed by atoms with van der Waals surface area (Å²) in [5, 5.41) is 0. The molecule has 0 spiro atoms. The quantitative estimate of drug-likeness (QED) is 0.612. The third-order valence-corrected chi connectivity index (χ3v) is 4.01. The smallest absolute Gasteiger partial charge is 0.344 e. The molecule has 0 aromatic carbocycles. The number of ether oxygens (including phenoxy) is 2. The van der Waals surface area contributed by atoms with Crippen molar-refractivity contribution in [3.05, 3.63) is 57.3 Å². The van der Waals surface area contributed by atoms with Crippen molar-refractivity contribution in [2.24, 2.45) is 0 Å². The first-order valence-electron chi connectivity index (χ1n) is 7.92. The van der Waals surface area contributed by atoms with Gasteiger partial charge in [-0.05, 0) is 39.0 Å². The number of aromatic nitrogens is 2. The van der Waals surface area contributed by atoms with Gasteiger partial charge < -0.3 is 19.0 Å². The topological polar surface area (TPSA) is 90.4 Å². The number of hydrogen-bond donors (Lipinski definition) is 1. The van der Waals surface area contributed by atoms with Crippen LogP contribution in [0.5, 0.6) is 0 Å². The minimum atomic E-state index is -0.822. The Morgan fingerprint density at radius 1 is 1.28 bits per heavy atom. The first-order chi connectivity index (χ1) is 11.9. The molecule has 0 saturated heterocycles. The number of carbonyl (C=O) groups excluding carboxylic acids is 2. The summed E-state index contributed by atoms with van der Waals surface area (Å²) in [5.74, 6) is -1.14. The molecule has 7 nitrogen and oxygen atoms in total. The molecular weight excluding hydrogens is 324 g/mol. The minimum Gasteiger partial charge on any atom is -0.454 e. The highest BCUT2D eigenvalue weighted by molar-refractivity contribution is 6.00. The fraction of sp³-hybridized carbons (Fsp3) is 0.389. The molecule has 2 heterocycles. The number of nitrogens with one attached hydrogen (secondary N) is 1. The molecule has 0 unspecified atom stereocenters. The SMILES string of the molecule is COC[C@H](C)n1c(C)cc(C(=O)COC(=O)c2ccc[nH]c2=O)c1C. The number of pyridine rings is 1. The largest absolute Gasteiger partial charge is 0.454 e. The van der Waals surface area contributed by atoms with E-state index in [4.69, 9.17) is 9.47 Å². The van der Waals surface area contributed by atoms with Crippen molar-refractivity contribution in [1.82, 2.24) is 9.55 Å². The van der Waals surface area contributed by atoms with E-state index in [1.165, 1.54) is 18.3 Å². The van der Waals surface area contributed by atoms with Crippen molar-refractivity contribution in [3.63, 3.8) is 0 Å². The Hall–Kier alpha value is -2.67. The van der Waals surface area contributed by atoms with Crippen molar-refractivity contribution in [2.45, 2.75) is 26.8 Å². The fourth-order valence-electron chi connectivity index (χ4n) is 2.92. The summed E-state index contributed by atoms with van der Waals surface area (Å²) < 4.78 is 12.2. The number of aryl methyl sites for hydroxylation is 1. The van der Waals surface area contributed by atoms with Gasteiger partial charge in [0.25, 0.3) is 5.56 Å². The van der Waals surface area contributed by atoms with E-state index < -0.39 is 18.1 Å². The molecule has 0 radical (unpaired) electrons. The maximum absolute atomic E-state index is 12.4. The van der Waals surface area contributed by atoms with Gasteiger partial charge in [0.15, 0.2) is 6.61 Å². The van der Waals surface area contributed by atoms with Crippen LogP contribution in [0.4, 0.5) is 0 Å². The van der Waals surface area contributed by atoms with Crippen LogP contribution >= 0.6 is 0 Å². The Balaban J connectivity index is 2.12. The molecule has 134 valence electrons. The third kappa shape index (κ3) is 4.06. The Bertz CT molecular complexity index is 834. The molecule has 0 aliphatic rings. The summed E-state index contributed by atoms with van der Waals surface area (Å²) in [4.78, 5) is 38.3. The zero-order valence-electron chi connectivity index (χ0n) is 14.8. The van der Waals surface area contributed by atoms with E-state index in [1.807, 2.05) is 25.3 Å². The second kappa shape index (κ2) is 7.94. The van der Waals surface area contributed by atoms with Gasteiger partial charge in [0.05, 0.1) is 12.6 Å². The molecule has 0 fully saturated rings. The average Bonchev–Trinajstić information content (AvgIpc) is 2.87. The number of hydrogen-bond acceptors (Lipinski definition) is 5. The molecular formula is C18H22N2O5. The second-order valence-electron chi connectivity index (χ2n) is 5.87. The number of rotatable bonds is 7. The van der Waals surface area contributed by atoms with Crippen LogP contribution in [0.1, 0.15) is 45.1 Å². The summed E-state index contributed by atoms with van der Waals surface area (Å²) in [7, 11) is 1.63. The number of nitrogens with zero attached hydrogens (tertiary/aromatic N) is 1. The van der Waals surface area contributed by atoms with E-state index in [0.717, 1.165) is 11.4 Å². The van der Waals surface area contributed by atoms with Crippen molar-refractivity contribution in [3.8, 4) is 0 Å². The Morgan fingerprint density at radius 2 is 2.00 bits per heavy atom. The van der Waals surface area contributed by atoms with Gasteiger partial charge in [0.2, 0.25) is 5.78 Å². The lowest BCUT2D eigenvalue weighted by atomic mass is 10.1. The molecule has 0 amide bonds. The monoisotopic (exact) mass is 346 g/mol. The zero-order valence-corrected chi connectivity index (χ0v) is 14.8. The van der Waals surface area contributed by atoms with Gasteiger partial charge in [-0.1, -0.05) is 0 Å². The lowest BCUT2D eigenvalue weighted by Crippen LogP contribution is -2.22. The van der Waals surface area contributed by atoms with Crippen LogP contribution in [-0.2, 0) is 9.47 Å². The van der Waals surface area contributed by atoms with E-state index >= 15 is 0 Å². The highest BCUT2D eigenvalue weighted by Crippen LogP contribution is 2.21. The van der Waals surface area contributed by atoms with Crippen LogP contribution in [-0.4, -0.2) is 41.6 Å². The van der Waals surface area contributed by atoms with E-state index in [9.17, 15) is 14.4 Å². The lowest BCUT2D eigenvalue weighted by Gasteiger charge is -2.17. The van der Waals surface area contributed by atoms with Crippen LogP contribution < -0.4 is 5.56 Å². The summed E-state index contributed by atoms with van der Waals surface area (Å²) in [6.45, 7) is 5.85. The van der Waals surface area contributed by atoms with E-state index in [2.05, 4.69) is 4.98 Å². The number of methoxy groups -OCH3 is 1. The number of aromatic amines is 1. The lowest BCUT2D eigenvalue weighted by molar-refractivity contribution is 0.0472. The van der Waals surface area contributed by atoms with Gasteiger partial charge in [-0.3, -0.25) is 9.59 Å². The molecule has 2 aromatic heterocycles. The number of carbonyl (C=O) groups is 2. The molecule has 0 bridgehead atoms. The van der Waals surface area contributed by atoms with Crippen molar-refractivity contribution >= 4 is 11.8 Å².